The van der Waals surface area contributed by atoms with Gasteiger partial charge < -0.3 is 20.4 Å². The van der Waals surface area contributed by atoms with Crippen LogP contribution in [0.2, 0.25) is 0 Å². The number of nitrogens with zero attached hydrogens (tertiary/aromatic N) is 5. The number of nitrogens with one attached hydrogen (secondary N) is 1. The van der Waals surface area contributed by atoms with E-state index in [1.165, 1.54) is 6.07 Å². The standard InChI is InChI=1S/C23H23F2N7O/c1-33-20-11-15(6-8-19(20)31-12-21(26)27-13-31)28-23-29-22-16(4-2-3-9-32(22)30-23)14-5-7-17(24)18(25)10-14/h5-8,10-13,16H,2-4,9,26H2,1H3,(H,28,30)/t16-/m1/s1. The van der Waals surface area contributed by atoms with Gasteiger partial charge in [0.2, 0.25) is 5.95 Å². The number of benzene rings is 2. The predicted molar refractivity (Wildman–Crippen MR) is 120 cm³/mol. The number of halogens is 2. The summed E-state index contributed by atoms with van der Waals surface area (Å²) >= 11 is 0. The first-order chi connectivity index (χ1) is 16.0. The second-order valence-corrected chi connectivity index (χ2v) is 7.96. The topological polar surface area (TPSA) is 95.8 Å². The zero-order chi connectivity index (χ0) is 22.9. The number of imidazole rings is 1. The molecule has 0 fully saturated rings. The number of anilines is 3. The van der Waals surface area contributed by atoms with Crippen LogP contribution in [0.25, 0.3) is 5.69 Å². The minimum Gasteiger partial charge on any atom is -0.494 e. The van der Waals surface area contributed by atoms with E-state index in [9.17, 15) is 8.78 Å². The second kappa shape index (κ2) is 8.53. The van der Waals surface area contributed by atoms with Gasteiger partial charge in [-0.05, 0) is 42.7 Å². The third-order valence-corrected chi connectivity index (χ3v) is 5.79. The Labute approximate surface area is 189 Å². The Hall–Kier alpha value is -3.95. The highest BCUT2D eigenvalue weighted by atomic mass is 19.2. The zero-order valence-corrected chi connectivity index (χ0v) is 18.0. The number of methoxy groups -OCH3 is 1. The molecule has 0 unspecified atom stereocenters. The normalized spacial score (nSPS) is 15.7. The van der Waals surface area contributed by atoms with Crippen molar-refractivity contribution in [1.82, 2.24) is 24.3 Å². The largest absolute Gasteiger partial charge is 0.494 e. The Bertz CT molecular complexity index is 1300. The van der Waals surface area contributed by atoms with Crippen molar-refractivity contribution in [1.29, 1.82) is 0 Å². The Morgan fingerprint density at radius 3 is 2.76 bits per heavy atom. The predicted octanol–water partition coefficient (Wildman–Crippen LogP) is 4.39. The fraction of sp³-hybridized carbons (Fsp3) is 0.261. The fourth-order valence-corrected chi connectivity index (χ4v) is 4.18. The zero-order valence-electron chi connectivity index (χ0n) is 18.0. The lowest BCUT2D eigenvalue weighted by Crippen LogP contribution is -2.09. The van der Waals surface area contributed by atoms with Gasteiger partial charge in [-0.15, -0.1) is 5.10 Å². The molecule has 2 aromatic heterocycles. The summed E-state index contributed by atoms with van der Waals surface area (Å²) in [6, 6.07) is 9.64. The maximum Gasteiger partial charge on any atom is 0.246 e. The summed E-state index contributed by atoms with van der Waals surface area (Å²) in [5, 5.41) is 7.84. The molecule has 4 aromatic rings. The summed E-state index contributed by atoms with van der Waals surface area (Å²) in [6.07, 6.45) is 6.01. The molecule has 0 saturated carbocycles. The van der Waals surface area contributed by atoms with Gasteiger partial charge >= 0.3 is 0 Å². The van der Waals surface area contributed by atoms with Crippen LogP contribution in [0.15, 0.2) is 48.9 Å². The van der Waals surface area contributed by atoms with E-state index in [1.54, 1.807) is 30.3 Å². The molecular weight excluding hydrogens is 428 g/mol. The number of fused-ring (bicyclic) bond motifs is 1. The summed E-state index contributed by atoms with van der Waals surface area (Å²) in [5.74, 6) is 0.338. The lowest BCUT2D eigenvalue weighted by atomic mass is 9.93. The monoisotopic (exact) mass is 451 g/mol. The van der Waals surface area contributed by atoms with Crippen molar-refractivity contribution < 1.29 is 13.5 Å². The number of rotatable bonds is 5. The first-order valence-electron chi connectivity index (χ1n) is 10.7. The molecule has 0 saturated heterocycles. The number of aryl methyl sites for hydroxylation is 1. The molecule has 3 N–H and O–H groups in total. The van der Waals surface area contributed by atoms with Crippen molar-refractivity contribution in [3.05, 3.63) is 71.9 Å². The van der Waals surface area contributed by atoms with Crippen LogP contribution in [0.4, 0.5) is 26.2 Å². The van der Waals surface area contributed by atoms with E-state index in [0.717, 1.165) is 42.5 Å². The average Bonchev–Trinajstić information content (AvgIpc) is 3.36. The van der Waals surface area contributed by atoms with Gasteiger partial charge in [0.25, 0.3) is 0 Å². The molecule has 170 valence electrons. The van der Waals surface area contributed by atoms with Gasteiger partial charge in [-0.1, -0.05) is 12.5 Å². The molecule has 0 radical (unpaired) electrons. The lowest BCUT2D eigenvalue weighted by molar-refractivity contribution is 0.413. The Morgan fingerprint density at radius 2 is 2.00 bits per heavy atom. The van der Waals surface area contributed by atoms with Gasteiger partial charge in [-0.2, -0.15) is 4.98 Å². The summed E-state index contributed by atoms with van der Waals surface area (Å²) in [6.45, 7) is 0.717. The van der Waals surface area contributed by atoms with Crippen molar-refractivity contribution in [3.8, 4) is 11.4 Å². The van der Waals surface area contributed by atoms with E-state index >= 15 is 0 Å². The number of aromatic nitrogens is 5. The smallest absolute Gasteiger partial charge is 0.246 e. The third kappa shape index (κ3) is 4.11. The molecule has 1 atom stereocenters. The summed E-state index contributed by atoms with van der Waals surface area (Å²) in [4.78, 5) is 8.76. The van der Waals surface area contributed by atoms with Crippen LogP contribution in [0.3, 0.4) is 0 Å². The molecule has 10 heteroatoms. The maximum atomic E-state index is 13.9. The SMILES string of the molecule is COc1cc(Nc2nc3n(n2)CCCC[C@@H]3c2ccc(F)c(F)c2)ccc1-n1cnc(N)c1. The third-order valence-electron chi connectivity index (χ3n) is 5.79. The van der Waals surface area contributed by atoms with Crippen molar-refractivity contribution in [3.63, 3.8) is 0 Å². The van der Waals surface area contributed by atoms with Gasteiger partial charge in [0.1, 0.15) is 23.7 Å². The van der Waals surface area contributed by atoms with Gasteiger partial charge in [-0.25, -0.2) is 18.4 Å². The molecule has 1 aliphatic heterocycles. The molecule has 5 rings (SSSR count). The average molecular weight is 451 g/mol. The van der Waals surface area contributed by atoms with E-state index in [-0.39, 0.29) is 5.92 Å². The van der Waals surface area contributed by atoms with Crippen LogP contribution in [0.5, 0.6) is 5.75 Å². The Kier molecular flexibility index (Phi) is 5.41. The van der Waals surface area contributed by atoms with Crippen LogP contribution < -0.4 is 15.8 Å². The van der Waals surface area contributed by atoms with Crippen LogP contribution in [-0.4, -0.2) is 31.4 Å². The highest BCUT2D eigenvalue weighted by molar-refractivity contribution is 5.62. The van der Waals surface area contributed by atoms with Crippen molar-refractivity contribution in [2.24, 2.45) is 0 Å². The number of nitrogen functional groups attached to an aromatic ring is 1. The van der Waals surface area contributed by atoms with E-state index < -0.39 is 11.6 Å². The molecule has 2 aromatic carbocycles. The molecule has 1 aliphatic rings. The molecule has 0 aliphatic carbocycles. The van der Waals surface area contributed by atoms with Crippen LogP contribution >= 0.6 is 0 Å². The molecule has 0 bridgehead atoms. The van der Waals surface area contributed by atoms with Gasteiger partial charge in [-0.3, -0.25) is 0 Å². The quantitative estimate of drug-likeness (QED) is 0.467. The van der Waals surface area contributed by atoms with Crippen LogP contribution in [0.1, 0.15) is 36.6 Å². The van der Waals surface area contributed by atoms with Crippen molar-refractivity contribution in [2.45, 2.75) is 31.7 Å². The number of hydrogen-bond acceptors (Lipinski definition) is 6. The lowest BCUT2D eigenvalue weighted by Gasteiger charge is -2.14. The molecule has 3 heterocycles. The van der Waals surface area contributed by atoms with E-state index in [4.69, 9.17) is 15.5 Å². The summed E-state index contributed by atoms with van der Waals surface area (Å²) < 4.78 is 36.5. The van der Waals surface area contributed by atoms with Crippen molar-refractivity contribution >= 4 is 17.5 Å². The molecule has 8 nitrogen and oxygen atoms in total. The second-order valence-electron chi connectivity index (χ2n) is 7.96. The molecular formula is C23H23F2N7O. The van der Waals surface area contributed by atoms with E-state index in [0.29, 0.717) is 29.6 Å². The Morgan fingerprint density at radius 1 is 1.12 bits per heavy atom. The fourth-order valence-electron chi connectivity index (χ4n) is 4.18. The van der Waals surface area contributed by atoms with Crippen molar-refractivity contribution in [2.75, 3.05) is 18.2 Å². The first-order valence-corrected chi connectivity index (χ1v) is 10.7. The first kappa shape index (κ1) is 20.9. The highest BCUT2D eigenvalue weighted by Crippen LogP contribution is 2.34. The minimum atomic E-state index is -0.855. The van der Waals surface area contributed by atoms with Gasteiger partial charge in [0.05, 0.1) is 19.0 Å². The molecule has 0 amide bonds. The Balaban J connectivity index is 1.44. The van der Waals surface area contributed by atoms with Gasteiger partial charge in [0.15, 0.2) is 11.6 Å². The minimum absolute atomic E-state index is 0.158. The van der Waals surface area contributed by atoms with Crippen LogP contribution in [0, 0.1) is 11.6 Å². The maximum absolute atomic E-state index is 13.9. The van der Waals surface area contributed by atoms with E-state index in [2.05, 4.69) is 15.4 Å². The molecule has 33 heavy (non-hydrogen) atoms. The number of ether oxygens (including phenoxy) is 1. The number of hydrogen-bond donors (Lipinski definition) is 2. The van der Waals surface area contributed by atoms with Gasteiger partial charge in [0, 0.05) is 24.2 Å². The van der Waals surface area contributed by atoms with Crippen LogP contribution in [-0.2, 0) is 6.54 Å². The van der Waals surface area contributed by atoms with E-state index in [1.807, 2.05) is 22.9 Å². The summed E-state index contributed by atoms with van der Waals surface area (Å²) in [7, 11) is 1.59. The summed E-state index contributed by atoms with van der Waals surface area (Å²) in [5.41, 5.74) is 7.96. The highest BCUT2D eigenvalue weighted by Gasteiger charge is 2.25. The molecule has 0 spiro atoms. The number of nitrogens with two attached hydrogens (primary N) is 1.